The van der Waals surface area contributed by atoms with Gasteiger partial charge in [-0.2, -0.15) is 5.48 Å². The van der Waals surface area contributed by atoms with Gasteiger partial charge >= 0.3 is 0 Å². The van der Waals surface area contributed by atoms with Gasteiger partial charge in [0.2, 0.25) is 0 Å². The van der Waals surface area contributed by atoms with E-state index in [1.165, 1.54) is 0 Å². The zero-order chi connectivity index (χ0) is 4.83. The summed E-state index contributed by atoms with van der Waals surface area (Å²) in [6.45, 7) is 2.66. The van der Waals surface area contributed by atoms with E-state index in [1.54, 1.807) is 0 Å². The molecule has 0 bridgehead atoms. The molecule has 0 aromatic heterocycles. The fourth-order valence-electron chi connectivity index (χ4n) is 0.249. The van der Waals surface area contributed by atoms with Crippen LogP contribution in [0.4, 0.5) is 0 Å². The highest BCUT2D eigenvalue weighted by Gasteiger charge is 1.75. The number of hydroxylamine groups is 1. The minimum Gasteiger partial charge on any atom is -0.168 e. The highest BCUT2D eigenvalue weighted by Crippen LogP contribution is 1.79. The third-order valence-corrected chi connectivity index (χ3v) is 0.632. The van der Waals surface area contributed by atoms with Gasteiger partial charge in [0, 0.05) is 6.54 Å². The Kier molecular flexibility index (Phi) is 4.85. The molecule has 0 amide bonds. The number of hydrogen-bond acceptors (Lipinski definition) is 1. The molecule has 0 aliphatic heterocycles. The van der Waals surface area contributed by atoms with Crippen LogP contribution < -0.4 is 5.48 Å². The molecule has 37 valence electrons. The van der Waals surface area contributed by atoms with E-state index in [2.05, 4.69) is 6.92 Å². The Labute approximate surface area is 38.1 Å². The van der Waals surface area contributed by atoms with E-state index < -0.39 is 0 Å². The van der Waals surface area contributed by atoms with Crippen LogP contribution in [0.5, 0.6) is 0 Å². The van der Waals surface area contributed by atoms with Gasteiger partial charge in [-0.3, -0.25) is 0 Å². The van der Waals surface area contributed by atoms with E-state index in [0.717, 1.165) is 12.8 Å². The quantitative estimate of drug-likeness (QED) is 0.400. The van der Waals surface area contributed by atoms with Crippen molar-refractivity contribution in [2.45, 2.75) is 19.8 Å². The number of hydrogen-bond donors (Lipinski definition) is 1. The molecule has 0 fully saturated rings. The Bertz CT molecular complexity index is 19.5. The van der Waals surface area contributed by atoms with Crippen LogP contribution in [-0.2, 0) is 5.21 Å². The maximum Gasteiger partial charge on any atom is 0.0240 e. The maximum atomic E-state index is 9.44. The zero-order valence-corrected chi connectivity index (χ0v) is 4.03. The molecule has 0 atom stereocenters. The molecule has 6 heavy (non-hydrogen) atoms. The summed E-state index contributed by atoms with van der Waals surface area (Å²) in [6, 6.07) is 0. The van der Waals surface area contributed by atoms with Gasteiger partial charge in [0.25, 0.3) is 0 Å². The molecule has 0 rings (SSSR count). The summed E-state index contributed by atoms with van der Waals surface area (Å²) in [5, 5.41) is 9.44. The molecule has 0 aliphatic rings. The predicted molar refractivity (Wildman–Crippen MR) is 23.6 cm³/mol. The highest BCUT2D eigenvalue weighted by molar-refractivity contribution is 4.30. The summed E-state index contributed by atoms with van der Waals surface area (Å²) in [5.41, 5.74) is 1.82. The van der Waals surface area contributed by atoms with Crippen molar-refractivity contribution in [3.8, 4) is 0 Å². The van der Waals surface area contributed by atoms with Crippen LogP contribution in [0.3, 0.4) is 0 Å². The van der Waals surface area contributed by atoms with Crippen LogP contribution in [0.25, 0.3) is 0 Å². The highest BCUT2D eigenvalue weighted by atomic mass is 16.5. The lowest BCUT2D eigenvalue weighted by molar-refractivity contribution is 0.0753. The largest absolute Gasteiger partial charge is 0.168 e. The van der Waals surface area contributed by atoms with E-state index in [4.69, 9.17) is 0 Å². The lowest BCUT2D eigenvalue weighted by Crippen LogP contribution is -2.05. The van der Waals surface area contributed by atoms with Gasteiger partial charge < -0.3 is 0 Å². The molecule has 1 N–H and O–H groups in total. The average Bonchev–Trinajstić information content (AvgIpc) is 1.61. The minimum absolute atomic E-state index is 0.608. The second-order valence-corrected chi connectivity index (χ2v) is 1.25. The molecule has 0 saturated carbocycles. The Hall–Kier alpha value is -0.0800. The van der Waals surface area contributed by atoms with Crippen molar-refractivity contribution < 1.29 is 5.21 Å². The fraction of sp³-hybridized carbons (Fsp3) is 1.00. The van der Waals surface area contributed by atoms with Crippen molar-refractivity contribution in [1.82, 2.24) is 5.48 Å². The predicted octanol–water partition coefficient (Wildman–Crippen LogP) is 0.722. The van der Waals surface area contributed by atoms with E-state index >= 15 is 0 Å². The molecule has 0 aromatic rings. The van der Waals surface area contributed by atoms with Crippen molar-refractivity contribution in [3.05, 3.63) is 0 Å². The summed E-state index contributed by atoms with van der Waals surface area (Å²) in [4.78, 5) is 0. The van der Waals surface area contributed by atoms with Crippen LogP contribution in [0, 0.1) is 0 Å². The molecule has 0 unspecified atom stereocenters. The van der Waals surface area contributed by atoms with Gasteiger partial charge in [0.1, 0.15) is 0 Å². The minimum atomic E-state index is 0.608. The maximum absolute atomic E-state index is 9.44. The average molecular weight is 88.1 g/mol. The molecule has 0 spiro atoms. The van der Waals surface area contributed by atoms with Crippen molar-refractivity contribution in [2.24, 2.45) is 0 Å². The topological polar surface area (TPSA) is 31.9 Å². The van der Waals surface area contributed by atoms with Crippen molar-refractivity contribution in [3.63, 3.8) is 0 Å². The van der Waals surface area contributed by atoms with E-state index in [0.29, 0.717) is 6.54 Å². The molecule has 1 radical (unpaired) electrons. The van der Waals surface area contributed by atoms with Gasteiger partial charge in [-0.1, -0.05) is 13.3 Å². The third kappa shape index (κ3) is 3.92. The van der Waals surface area contributed by atoms with Crippen molar-refractivity contribution >= 4 is 0 Å². The SMILES string of the molecule is CCCCN[O]. The Balaban J connectivity index is 2.34. The zero-order valence-electron chi connectivity index (χ0n) is 4.03. The molecular weight excluding hydrogens is 78.0 g/mol. The monoisotopic (exact) mass is 88.1 g/mol. The first-order valence-electron chi connectivity index (χ1n) is 2.26. The van der Waals surface area contributed by atoms with Gasteiger partial charge in [0.05, 0.1) is 0 Å². The lowest BCUT2D eigenvalue weighted by atomic mass is 10.3. The van der Waals surface area contributed by atoms with Crippen LogP contribution in [0.1, 0.15) is 19.8 Å². The first-order valence-corrected chi connectivity index (χ1v) is 2.26. The fourth-order valence-corrected chi connectivity index (χ4v) is 0.249. The molecule has 0 aliphatic carbocycles. The molecule has 2 heteroatoms. The molecular formula is C4H10NO. The van der Waals surface area contributed by atoms with Crippen LogP contribution in [-0.4, -0.2) is 6.54 Å². The Morgan fingerprint density at radius 1 is 1.67 bits per heavy atom. The lowest BCUT2D eigenvalue weighted by Gasteiger charge is -1.86. The van der Waals surface area contributed by atoms with E-state index in [-0.39, 0.29) is 0 Å². The summed E-state index contributed by atoms with van der Waals surface area (Å²) in [7, 11) is 0. The first kappa shape index (κ1) is 5.92. The van der Waals surface area contributed by atoms with Crippen molar-refractivity contribution in [2.75, 3.05) is 6.54 Å². The van der Waals surface area contributed by atoms with E-state index in [9.17, 15) is 5.21 Å². The summed E-state index contributed by atoms with van der Waals surface area (Å²) in [6.07, 6.45) is 2.08. The van der Waals surface area contributed by atoms with Crippen molar-refractivity contribution in [1.29, 1.82) is 0 Å². The number of unbranched alkanes of at least 4 members (excludes halogenated alkanes) is 1. The number of nitrogens with one attached hydrogen (secondary N) is 1. The summed E-state index contributed by atoms with van der Waals surface area (Å²) < 4.78 is 0. The normalized spacial score (nSPS) is 9.00. The smallest absolute Gasteiger partial charge is 0.0240 e. The second-order valence-electron chi connectivity index (χ2n) is 1.25. The standard InChI is InChI=1S/C4H10NO/c1-2-3-4-5-6/h5H,2-4H2,1H3. The third-order valence-electron chi connectivity index (χ3n) is 0.632. The molecule has 0 aromatic carbocycles. The Morgan fingerprint density at radius 3 is 2.50 bits per heavy atom. The molecule has 0 saturated heterocycles. The molecule has 2 nitrogen and oxygen atoms in total. The summed E-state index contributed by atoms with van der Waals surface area (Å²) >= 11 is 0. The number of rotatable bonds is 3. The van der Waals surface area contributed by atoms with Crippen LogP contribution in [0.15, 0.2) is 0 Å². The van der Waals surface area contributed by atoms with Gasteiger partial charge in [0.15, 0.2) is 0 Å². The second kappa shape index (κ2) is 4.92. The first-order chi connectivity index (χ1) is 2.91. The van der Waals surface area contributed by atoms with Crippen LogP contribution >= 0.6 is 0 Å². The van der Waals surface area contributed by atoms with Gasteiger partial charge in [-0.05, 0) is 6.42 Å². The van der Waals surface area contributed by atoms with E-state index in [1.807, 2.05) is 5.48 Å². The van der Waals surface area contributed by atoms with Gasteiger partial charge in [-0.15, -0.1) is 5.21 Å². The van der Waals surface area contributed by atoms with Gasteiger partial charge in [-0.25, -0.2) is 0 Å². The Morgan fingerprint density at radius 2 is 2.33 bits per heavy atom. The summed E-state index contributed by atoms with van der Waals surface area (Å²) in [5.74, 6) is 0. The van der Waals surface area contributed by atoms with Crippen LogP contribution in [0.2, 0.25) is 0 Å². The molecule has 0 heterocycles.